The topological polar surface area (TPSA) is 83.5 Å². The van der Waals surface area contributed by atoms with E-state index in [0.29, 0.717) is 12.0 Å². The number of nitrogens with one attached hydrogen (secondary N) is 1. The smallest absolute Gasteiger partial charge is 0.251 e. The average Bonchev–Trinajstić information content (AvgIpc) is 2.37. The molecule has 0 fully saturated rings. The van der Waals surface area contributed by atoms with Crippen molar-refractivity contribution < 1.29 is 18.3 Å². The first-order valence-corrected chi connectivity index (χ1v) is 8.56. The van der Waals surface area contributed by atoms with E-state index in [2.05, 4.69) is 17.2 Å². The molecule has 0 radical (unpaired) electrons. The molecule has 1 aromatic carbocycles. The van der Waals surface area contributed by atoms with Gasteiger partial charge in [-0.05, 0) is 31.2 Å². The van der Waals surface area contributed by atoms with Gasteiger partial charge in [0, 0.05) is 29.8 Å². The van der Waals surface area contributed by atoms with Gasteiger partial charge in [0.2, 0.25) is 0 Å². The number of amides is 1. The van der Waals surface area contributed by atoms with Gasteiger partial charge in [-0.1, -0.05) is 11.8 Å². The van der Waals surface area contributed by atoms with Gasteiger partial charge in [-0.3, -0.25) is 4.79 Å². The molecule has 1 aromatic rings. The summed E-state index contributed by atoms with van der Waals surface area (Å²) in [6.07, 6.45) is 1.54. The third kappa shape index (κ3) is 6.93. The molecule has 0 saturated heterocycles. The number of aliphatic hydroxyl groups excluding tert-OH is 1. The minimum atomic E-state index is -3.12. The van der Waals surface area contributed by atoms with E-state index in [1.165, 1.54) is 0 Å². The Hall–Kier alpha value is -1.84. The standard InChI is InChI=1S/C15H19NO4S/c1-12(11-21(2,19)20)16-15(18)14-8-6-13(7-9-14)5-3-4-10-17/h6-9,12,17H,4,10-11H2,1-2H3,(H,16,18). The zero-order valence-electron chi connectivity index (χ0n) is 12.1. The lowest BCUT2D eigenvalue weighted by molar-refractivity contribution is 0.0943. The van der Waals surface area contributed by atoms with Crippen LogP contribution in [0.1, 0.15) is 29.3 Å². The summed E-state index contributed by atoms with van der Waals surface area (Å²) in [4.78, 5) is 11.9. The van der Waals surface area contributed by atoms with Crippen molar-refractivity contribution in [3.63, 3.8) is 0 Å². The summed E-state index contributed by atoms with van der Waals surface area (Å²) < 4.78 is 22.3. The maximum atomic E-state index is 11.9. The largest absolute Gasteiger partial charge is 0.395 e. The van der Waals surface area contributed by atoms with Crippen LogP contribution in [0, 0.1) is 11.8 Å². The van der Waals surface area contributed by atoms with Crippen LogP contribution in [0.3, 0.4) is 0 Å². The predicted molar refractivity (Wildman–Crippen MR) is 81.7 cm³/mol. The van der Waals surface area contributed by atoms with Crippen LogP contribution < -0.4 is 5.32 Å². The van der Waals surface area contributed by atoms with Gasteiger partial charge in [0.1, 0.15) is 9.84 Å². The first kappa shape index (κ1) is 17.2. The van der Waals surface area contributed by atoms with Crippen LogP contribution in [0.5, 0.6) is 0 Å². The molecule has 1 atom stereocenters. The van der Waals surface area contributed by atoms with Gasteiger partial charge in [-0.15, -0.1) is 0 Å². The van der Waals surface area contributed by atoms with Crippen molar-refractivity contribution in [2.45, 2.75) is 19.4 Å². The molecule has 6 heteroatoms. The van der Waals surface area contributed by atoms with Crippen LogP contribution in [0.15, 0.2) is 24.3 Å². The van der Waals surface area contributed by atoms with Gasteiger partial charge < -0.3 is 10.4 Å². The Balaban J connectivity index is 2.66. The molecular formula is C15H19NO4S. The van der Waals surface area contributed by atoms with Crippen molar-refractivity contribution in [1.82, 2.24) is 5.32 Å². The SMILES string of the molecule is CC(CS(C)(=O)=O)NC(=O)c1ccc(C#CCCO)cc1. The van der Waals surface area contributed by atoms with Gasteiger partial charge >= 0.3 is 0 Å². The van der Waals surface area contributed by atoms with Gasteiger partial charge in [0.25, 0.3) is 5.91 Å². The normalized spacial score (nSPS) is 12.1. The van der Waals surface area contributed by atoms with Crippen molar-refractivity contribution in [3.05, 3.63) is 35.4 Å². The van der Waals surface area contributed by atoms with Crippen molar-refractivity contribution in [2.24, 2.45) is 0 Å². The van der Waals surface area contributed by atoms with E-state index in [4.69, 9.17) is 5.11 Å². The van der Waals surface area contributed by atoms with Gasteiger partial charge in [-0.2, -0.15) is 0 Å². The predicted octanol–water partition coefficient (Wildman–Crippen LogP) is 0.583. The average molecular weight is 309 g/mol. The minimum absolute atomic E-state index is 0.0196. The van der Waals surface area contributed by atoms with E-state index in [0.717, 1.165) is 11.8 Å². The second kappa shape index (κ2) is 7.81. The quantitative estimate of drug-likeness (QED) is 0.780. The van der Waals surface area contributed by atoms with E-state index >= 15 is 0 Å². The van der Waals surface area contributed by atoms with Crippen molar-refractivity contribution in [1.29, 1.82) is 0 Å². The Labute approximate surface area is 125 Å². The fourth-order valence-corrected chi connectivity index (χ4v) is 2.72. The Morgan fingerprint density at radius 2 is 1.95 bits per heavy atom. The lowest BCUT2D eigenvalue weighted by Gasteiger charge is -2.12. The van der Waals surface area contributed by atoms with Gasteiger partial charge in [-0.25, -0.2) is 8.42 Å². The number of benzene rings is 1. The molecular weight excluding hydrogens is 290 g/mol. The number of hydrogen-bond donors (Lipinski definition) is 2. The van der Waals surface area contributed by atoms with E-state index in [1.54, 1.807) is 31.2 Å². The Morgan fingerprint density at radius 3 is 2.48 bits per heavy atom. The summed E-state index contributed by atoms with van der Waals surface area (Å²) in [5, 5.41) is 11.3. The summed E-state index contributed by atoms with van der Waals surface area (Å²) in [7, 11) is -3.12. The molecule has 1 amide bonds. The van der Waals surface area contributed by atoms with Crippen LogP contribution in [0.2, 0.25) is 0 Å². The number of carbonyl (C=O) groups excluding carboxylic acids is 1. The summed E-state index contributed by atoms with van der Waals surface area (Å²) in [5.41, 5.74) is 1.20. The number of carbonyl (C=O) groups is 1. The summed E-state index contributed by atoms with van der Waals surface area (Å²) in [5.74, 6) is 5.24. The molecule has 0 saturated carbocycles. The second-order valence-electron chi connectivity index (χ2n) is 4.82. The Bertz CT molecular complexity index is 638. The molecule has 0 aliphatic carbocycles. The summed E-state index contributed by atoms with van der Waals surface area (Å²) >= 11 is 0. The third-order valence-corrected chi connectivity index (χ3v) is 3.65. The van der Waals surface area contributed by atoms with Gasteiger partial charge in [0.05, 0.1) is 12.4 Å². The minimum Gasteiger partial charge on any atom is -0.395 e. The first-order valence-electron chi connectivity index (χ1n) is 6.50. The zero-order valence-corrected chi connectivity index (χ0v) is 12.9. The number of rotatable bonds is 5. The fourth-order valence-electron chi connectivity index (χ4n) is 1.73. The monoisotopic (exact) mass is 309 g/mol. The third-order valence-electron chi connectivity index (χ3n) is 2.55. The maximum Gasteiger partial charge on any atom is 0.251 e. The summed E-state index contributed by atoms with van der Waals surface area (Å²) in [6.45, 7) is 1.67. The van der Waals surface area contributed by atoms with Crippen LogP contribution in [-0.2, 0) is 9.84 Å². The van der Waals surface area contributed by atoms with E-state index < -0.39 is 15.9 Å². The Kier molecular flexibility index (Phi) is 6.40. The highest BCUT2D eigenvalue weighted by Gasteiger charge is 2.14. The highest BCUT2D eigenvalue weighted by atomic mass is 32.2. The molecule has 0 aliphatic rings. The van der Waals surface area contributed by atoms with E-state index in [9.17, 15) is 13.2 Å². The molecule has 5 nitrogen and oxygen atoms in total. The molecule has 0 aliphatic heterocycles. The first-order chi connectivity index (χ1) is 9.81. The maximum absolute atomic E-state index is 11.9. The highest BCUT2D eigenvalue weighted by Crippen LogP contribution is 2.04. The van der Waals surface area contributed by atoms with Crippen molar-refractivity contribution in [3.8, 4) is 11.8 Å². The van der Waals surface area contributed by atoms with Gasteiger partial charge in [0.15, 0.2) is 0 Å². The second-order valence-corrected chi connectivity index (χ2v) is 7.00. The van der Waals surface area contributed by atoms with Crippen LogP contribution >= 0.6 is 0 Å². The molecule has 1 unspecified atom stereocenters. The number of sulfone groups is 1. The molecule has 21 heavy (non-hydrogen) atoms. The zero-order chi connectivity index (χ0) is 15.9. The molecule has 0 aromatic heterocycles. The van der Waals surface area contributed by atoms with Crippen LogP contribution in [-0.4, -0.2) is 44.1 Å². The molecule has 0 spiro atoms. The number of aliphatic hydroxyl groups is 1. The molecule has 1 rings (SSSR count). The molecule has 0 heterocycles. The van der Waals surface area contributed by atoms with Crippen LogP contribution in [0.25, 0.3) is 0 Å². The van der Waals surface area contributed by atoms with Crippen molar-refractivity contribution in [2.75, 3.05) is 18.6 Å². The lowest BCUT2D eigenvalue weighted by atomic mass is 10.1. The molecule has 114 valence electrons. The fraction of sp³-hybridized carbons (Fsp3) is 0.400. The molecule has 2 N–H and O–H groups in total. The molecule has 0 bridgehead atoms. The Morgan fingerprint density at radius 1 is 1.33 bits per heavy atom. The summed E-state index contributed by atoms with van der Waals surface area (Å²) in [6, 6.07) is 6.23. The van der Waals surface area contributed by atoms with Crippen LogP contribution in [0.4, 0.5) is 0 Å². The van der Waals surface area contributed by atoms with E-state index in [1.807, 2.05) is 0 Å². The van der Waals surface area contributed by atoms with E-state index in [-0.39, 0.29) is 18.3 Å². The highest BCUT2D eigenvalue weighted by molar-refractivity contribution is 7.90. The lowest BCUT2D eigenvalue weighted by Crippen LogP contribution is -2.37. The van der Waals surface area contributed by atoms with Crippen molar-refractivity contribution >= 4 is 15.7 Å². The number of hydrogen-bond acceptors (Lipinski definition) is 4.